The number of aromatic amines is 1. The van der Waals surface area contributed by atoms with Crippen LogP contribution in [0.4, 0.5) is 49.1 Å². The smallest absolute Gasteiger partial charge is 0.497 e. The largest absolute Gasteiger partial charge is 0.534 e. The number of halogens is 9. The second-order valence-electron chi connectivity index (χ2n) is 26.3. The number of piperidine rings is 2. The van der Waals surface area contributed by atoms with Gasteiger partial charge in [-0.3, -0.25) is 4.79 Å². The van der Waals surface area contributed by atoms with Gasteiger partial charge in [0.2, 0.25) is 5.88 Å². The molecular formula is C72H77F9N12O16S3. The molecule has 0 saturated carbocycles. The third-order valence-electron chi connectivity index (χ3n) is 15.6. The number of alkyl halides is 9. The van der Waals surface area contributed by atoms with Crippen LogP contribution in [0.1, 0.15) is 90.4 Å². The summed E-state index contributed by atoms with van der Waals surface area (Å²) < 4.78 is 209. The lowest BCUT2D eigenvalue weighted by molar-refractivity contribution is -0.0586. The summed E-state index contributed by atoms with van der Waals surface area (Å²) in [6, 6.07) is 49.6. The van der Waals surface area contributed by atoms with E-state index in [1.807, 2.05) is 152 Å². The molecule has 0 aliphatic carbocycles. The normalized spacial score (nSPS) is 15.0. The quantitative estimate of drug-likeness (QED) is 0.0487. The van der Waals surface area contributed by atoms with Gasteiger partial charge in [0.15, 0.2) is 11.3 Å². The fourth-order valence-corrected chi connectivity index (χ4v) is 12.5. The minimum atomic E-state index is -6.85. The third kappa shape index (κ3) is 23.6. The summed E-state index contributed by atoms with van der Waals surface area (Å²) in [5, 5.41) is 9.78. The van der Waals surface area contributed by atoms with Gasteiger partial charge in [0.1, 0.15) is 68.4 Å². The number of likely N-dealkylation sites (tertiary alicyclic amines) is 2. The maximum atomic E-state index is 13.3. The predicted molar refractivity (Wildman–Crippen MR) is 391 cm³/mol. The van der Waals surface area contributed by atoms with Crippen LogP contribution in [0.15, 0.2) is 181 Å². The molecule has 602 valence electrons. The van der Waals surface area contributed by atoms with Crippen LogP contribution in [0, 0.1) is 0 Å². The highest BCUT2D eigenvalue weighted by atomic mass is 32.3. The van der Waals surface area contributed by atoms with Crippen LogP contribution in [0.5, 0.6) is 34.6 Å². The summed E-state index contributed by atoms with van der Waals surface area (Å²) >= 11 is 0. The summed E-state index contributed by atoms with van der Waals surface area (Å²) in [6.45, 7) is 13.7. The number of carbonyl (C=O) groups is 2. The molecule has 2 atom stereocenters. The number of nitrogens with one attached hydrogen (secondary N) is 1. The van der Waals surface area contributed by atoms with Crippen molar-refractivity contribution in [3.8, 4) is 57.1 Å². The molecule has 0 spiro atoms. The Bertz CT molecular complexity index is 5150. The van der Waals surface area contributed by atoms with Gasteiger partial charge in [-0.15, -0.1) is 3.63 Å². The molecule has 12 rings (SSSR count). The van der Waals surface area contributed by atoms with Crippen LogP contribution in [0.25, 0.3) is 44.6 Å². The molecule has 2 aliphatic heterocycles. The highest BCUT2D eigenvalue weighted by molar-refractivity contribution is 8.00. The number of hydrogen-bond acceptors (Lipinski definition) is 23. The van der Waals surface area contributed by atoms with Crippen LogP contribution in [-0.4, -0.2) is 148 Å². The van der Waals surface area contributed by atoms with Crippen molar-refractivity contribution in [2.45, 2.75) is 120 Å². The van der Waals surface area contributed by atoms with Gasteiger partial charge in [0, 0.05) is 50.4 Å². The van der Waals surface area contributed by atoms with E-state index in [-0.39, 0.29) is 41.0 Å². The highest BCUT2D eigenvalue weighted by Crippen LogP contribution is 2.40. The first-order valence-corrected chi connectivity index (χ1v) is 38.0. The van der Waals surface area contributed by atoms with Crippen molar-refractivity contribution in [1.82, 2.24) is 49.3 Å². The zero-order valence-electron chi connectivity index (χ0n) is 60.8. The van der Waals surface area contributed by atoms with Crippen molar-refractivity contribution in [2.75, 3.05) is 33.3 Å². The Morgan fingerprint density at radius 3 is 1.25 bits per heavy atom. The van der Waals surface area contributed by atoms with Crippen molar-refractivity contribution in [3.63, 3.8) is 0 Å². The molecule has 40 heteroatoms. The van der Waals surface area contributed by atoms with Gasteiger partial charge < -0.3 is 54.1 Å². The first-order chi connectivity index (χ1) is 52.5. The lowest BCUT2D eigenvalue weighted by atomic mass is 10.1. The summed E-state index contributed by atoms with van der Waals surface area (Å²) in [5.41, 5.74) is -4.33. The van der Waals surface area contributed by atoms with Crippen LogP contribution < -0.4 is 35.4 Å². The number of hydrogen-bond donors (Lipinski definition) is 3. The molecular weight excluding hydrogens is 1560 g/mol. The summed E-state index contributed by atoms with van der Waals surface area (Å²) in [4.78, 5) is 56.6. The minimum absolute atomic E-state index is 0.0398. The second kappa shape index (κ2) is 36.5. The Morgan fingerprint density at radius 2 is 0.866 bits per heavy atom. The number of ether oxygens (including phenoxy) is 5. The average Bonchev–Trinajstić information content (AvgIpc) is 1.59. The molecule has 0 bridgehead atoms. The number of fused-ring (bicyclic) bond motifs is 2. The van der Waals surface area contributed by atoms with E-state index in [9.17, 15) is 79.2 Å². The standard InChI is InChI=1S/C28H28F3N5O6S.C27H29N5O4.C8H11NO.C7H9N.C2F6O5S2/c1-27(2,3)41-26(37)35-15-7-8-19(16-35)36-24-22(25(33-17-32-24)42-43(38,39)28(29,30)31)23(34-36)18-11-13-21(14-12-18)40-20-9-5-4-6-10-20;1-27(2,3)36-26(34)31-15-7-8-19(16-31)32-24-22(25(33)29-17-28-24)23(30-32)18-11-13-21(14-12-18)35-20-9-5-4-6-10-20;1-10-8-4-2-7(6-9)3-5-8;8-6-7-4-2-1-3-5-7;3-1(4,5)14(9,10)13-15(11,12)2(6,7)8/h4-6,9-14,17,19H,7-8,15-16H2,1-3H3;4-6,9-14,17,19H,7-8,15-16H2,1-3H3,(H,28,29,33);2-5H,6,9H2,1H3;1-5H,6,8H2;. The number of H-pyrrole nitrogens is 1. The van der Waals surface area contributed by atoms with Crippen LogP contribution in [-0.2, 0) is 56.5 Å². The molecule has 5 N–H and O–H groups in total. The van der Waals surface area contributed by atoms with E-state index in [2.05, 4.69) is 29.2 Å². The van der Waals surface area contributed by atoms with Gasteiger partial charge in [0.05, 0.1) is 25.5 Å². The number of amides is 2. The van der Waals surface area contributed by atoms with Crippen molar-refractivity contribution in [2.24, 2.45) is 11.5 Å². The number of rotatable bonds is 15. The number of carbonyl (C=O) groups excluding carboxylic acids is 2. The third-order valence-corrected chi connectivity index (χ3v) is 19.2. The van der Waals surface area contributed by atoms with Gasteiger partial charge in [-0.1, -0.05) is 78.9 Å². The van der Waals surface area contributed by atoms with Crippen molar-refractivity contribution in [1.29, 1.82) is 0 Å². The van der Waals surface area contributed by atoms with Crippen LogP contribution in [0.3, 0.4) is 0 Å². The monoisotopic (exact) mass is 1630 g/mol. The first kappa shape index (κ1) is 86.7. The Hall–Kier alpha value is -10.9. The van der Waals surface area contributed by atoms with Gasteiger partial charge in [-0.25, -0.2) is 28.9 Å². The van der Waals surface area contributed by atoms with Gasteiger partial charge in [0.25, 0.3) is 5.56 Å². The molecule has 2 fully saturated rings. The molecule has 2 aliphatic rings. The predicted octanol–water partition coefficient (Wildman–Crippen LogP) is 14.2. The molecule has 2 unspecified atom stereocenters. The number of methoxy groups -OCH3 is 1. The number of benzene rings is 6. The van der Waals surface area contributed by atoms with Crippen molar-refractivity contribution >= 4 is 64.6 Å². The van der Waals surface area contributed by atoms with Gasteiger partial charge >= 0.3 is 59.1 Å². The van der Waals surface area contributed by atoms with Crippen molar-refractivity contribution in [3.05, 3.63) is 198 Å². The topological polar surface area (TPSA) is 367 Å². The summed E-state index contributed by atoms with van der Waals surface area (Å²) in [7, 11) is -18.1. The van der Waals surface area contributed by atoms with E-state index in [1.54, 1.807) is 73.9 Å². The minimum Gasteiger partial charge on any atom is -0.497 e. The lowest BCUT2D eigenvalue weighted by Gasteiger charge is -2.34. The maximum absolute atomic E-state index is 13.3. The van der Waals surface area contributed by atoms with E-state index in [4.69, 9.17) is 40.3 Å². The van der Waals surface area contributed by atoms with E-state index in [1.165, 1.54) is 21.5 Å². The number of nitrogens with zero attached hydrogens (tertiary/aromatic N) is 9. The summed E-state index contributed by atoms with van der Waals surface area (Å²) in [5.74, 6) is 2.54. The van der Waals surface area contributed by atoms with Crippen molar-refractivity contribution < 1.29 is 106 Å². The molecule has 0 radical (unpaired) electrons. The molecule has 28 nitrogen and oxygen atoms in total. The molecule has 6 heterocycles. The molecule has 10 aromatic rings. The number of para-hydroxylation sites is 2. The average molecular weight is 1630 g/mol. The highest BCUT2D eigenvalue weighted by Gasteiger charge is 2.57. The Balaban J connectivity index is 0.000000202. The zero-order chi connectivity index (χ0) is 82.2. The van der Waals surface area contributed by atoms with E-state index in [0.29, 0.717) is 85.1 Å². The van der Waals surface area contributed by atoms with Gasteiger partial charge in [-0.2, -0.15) is 79.9 Å². The summed E-state index contributed by atoms with van der Waals surface area (Å²) in [6.07, 6.45) is 4.18. The Labute approximate surface area is 636 Å². The number of aromatic nitrogens is 8. The Kier molecular flexibility index (Phi) is 28.2. The molecule has 112 heavy (non-hydrogen) atoms. The number of nitrogens with two attached hydrogens (primary N) is 2. The first-order valence-electron chi connectivity index (χ1n) is 33.7. The molecule has 6 aromatic carbocycles. The fourth-order valence-electron chi connectivity index (χ4n) is 10.5. The van der Waals surface area contributed by atoms with Gasteiger partial charge in [-0.05, 0) is 163 Å². The van der Waals surface area contributed by atoms with E-state index in [0.717, 1.165) is 41.8 Å². The lowest BCUT2D eigenvalue weighted by Crippen LogP contribution is -2.43. The van der Waals surface area contributed by atoms with E-state index < -0.39 is 76.1 Å². The second-order valence-corrected chi connectivity index (χ2v) is 31.1. The molecule has 2 amide bonds. The van der Waals surface area contributed by atoms with Crippen LogP contribution in [0.2, 0.25) is 0 Å². The molecule has 2 saturated heterocycles. The maximum Gasteiger partial charge on any atom is 0.534 e. The van der Waals surface area contributed by atoms with E-state index >= 15 is 0 Å². The fraction of sp³-hybridized carbons (Fsp3) is 0.333. The Morgan fingerprint density at radius 1 is 0.491 bits per heavy atom. The van der Waals surface area contributed by atoms with Crippen LogP contribution >= 0.6 is 0 Å². The zero-order valence-corrected chi connectivity index (χ0v) is 63.3. The molecule has 4 aromatic heterocycles. The SMILES string of the molecule is CC(C)(C)OC(=O)N1CCCC(n2nc(-c3ccc(Oc4ccccc4)cc3)c3c(=O)[nH]cnc32)C1.CC(C)(C)OC(=O)N1CCCC(n2nc(-c3ccc(Oc4ccccc4)cc3)c3c(OS(=O)(=O)C(F)(F)F)ncnc32)C1.COc1ccc(CN)cc1.NCc1ccccc1.O=S(=O)(OS(=O)(=O)C(F)(F)F)C(F)(F)F.